The molecule has 4 aromatic rings. The summed E-state index contributed by atoms with van der Waals surface area (Å²) in [6.45, 7) is 0. The lowest BCUT2D eigenvalue weighted by molar-refractivity contribution is 0.476. The van der Waals surface area contributed by atoms with Crippen LogP contribution < -0.4 is 10.9 Å². The normalized spacial score (nSPS) is 11.8. The summed E-state index contributed by atoms with van der Waals surface area (Å²) in [5.41, 5.74) is -1.60. The van der Waals surface area contributed by atoms with Crippen molar-refractivity contribution >= 4 is 32.3 Å². The van der Waals surface area contributed by atoms with Crippen LogP contribution in [0.4, 0.5) is 0 Å². The molecule has 0 aromatic heterocycles. The van der Waals surface area contributed by atoms with Gasteiger partial charge in [-0.15, -0.1) is 0 Å². The Hall–Kier alpha value is -2.88. The van der Waals surface area contributed by atoms with Crippen LogP contribution in [0.25, 0.3) is 32.3 Å². The van der Waals surface area contributed by atoms with Crippen LogP contribution in [0.3, 0.4) is 0 Å². The molecule has 4 heteroatoms. The fourth-order valence-electron chi connectivity index (χ4n) is 2.87. The molecule has 0 heterocycles. The molecule has 0 bridgehead atoms. The van der Waals surface area contributed by atoms with Crippen molar-refractivity contribution in [1.29, 1.82) is 0 Å². The van der Waals surface area contributed by atoms with Gasteiger partial charge in [0, 0.05) is 26.9 Å². The van der Waals surface area contributed by atoms with Crippen molar-refractivity contribution < 1.29 is 10.2 Å². The van der Waals surface area contributed by atoms with E-state index in [4.69, 9.17) is 0 Å². The highest BCUT2D eigenvalue weighted by molar-refractivity contribution is 6.25. The van der Waals surface area contributed by atoms with Crippen LogP contribution in [0.1, 0.15) is 0 Å². The zero-order chi connectivity index (χ0) is 14.0. The summed E-state index contributed by atoms with van der Waals surface area (Å²) in [4.78, 5) is 23.7. The Balaban J connectivity index is 2.54. The third-order valence-electron chi connectivity index (χ3n) is 3.81. The second-order valence-corrected chi connectivity index (χ2v) is 4.84. The van der Waals surface area contributed by atoms with Crippen LogP contribution in [0.5, 0.6) is 11.5 Å². The molecular weight excluding hydrogens is 256 g/mol. The number of phenolic OH excluding ortho intramolecular Hbond substituents is 2. The number of hydrogen-bond donors (Lipinski definition) is 2. The Labute approximate surface area is 111 Å². The molecule has 0 fully saturated rings. The standard InChI is InChI=1S/C16H8O4/c17-11-6-2-7-1-3-9-13-10(5-4-8(11)12(7)13)15(19)16(20)14(9)18/h1-6,17,19H. The molecule has 0 aliphatic carbocycles. The fourth-order valence-corrected chi connectivity index (χ4v) is 2.87. The van der Waals surface area contributed by atoms with Gasteiger partial charge in [-0.2, -0.15) is 0 Å². The minimum absolute atomic E-state index is 0.102. The first kappa shape index (κ1) is 11.0. The molecular formula is C16H8O4. The monoisotopic (exact) mass is 264 g/mol. The van der Waals surface area contributed by atoms with Gasteiger partial charge in [-0.05, 0) is 29.7 Å². The first-order valence-electron chi connectivity index (χ1n) is 6.09. The minimum atomic E-state index is -0.889. The summed E-state index contributed by atoms with van der Waals surface area (Å²) in [7, 11) is 0. The van der Waals surface area contributed by atoms with Gasteiger partial charge in [-0.1, -0.05) is 12.1 Å². The van der Waals surface area contributed by atoms with Gasteiger partial charge < -0.3 is 10.2 Å². The van der Waals surface area contributed by atoms with Crippen LogP contribution >= 0.6 is 0 Å². The maximum Gasteiger partial charge on any atom is 0.268 e. The summed E-state index contributed by atoms with van der Waals surface area (Å²) in [6, 6.07) is 9.84. The number of aromatic hydroxyl groups is 2. The molecule has 0 aliphatic rings. The zero-order valence-electron chi connectivity index (χ0n) is 10.2. The molecule has 0 atom stereocenters. The highest BCUT2D eigenvalue weighted by atomic mass is 16.3. The molecule has 0 radical (unpaired) electrons. The van der Waals surface area contributed by atoms with Crippen molar-refractivity contribution in [1.82, 2.24) is 0 Å². The predicted octanol–water partition coefficient (Wildman–Crippen LogP) is 2.15. The summed E-state index contributed by atoms with van der Waals surface area (Å²) < 4.78 is 0. The largest absolute Gasteiger partial charge is 0.507 e. The number of hydrogen-bond acceptors (Lipinski definition) is 4. The summed E-state index contributed by atoms with van der Waals surface area (Å²) in [6.07, 6.45) is 0. The molecule has 0 saturated carbocycles. The lowest BCUT2D eigenvalue weighted by atomic mass is 9.93. The molecule has 0 spiro atoms. The Bertz CT molecular complexity index is 1100. The zero-order valence-corrected chi connectivity index (χ0v) is 10.2. The molecule has 0 unspecified atom stereocenters. The summed E-state index contributed by atoms with van der Waals surface area (Å²) in [5.74, 6) is -0.426. The molecule has 20 heavy (non-hydrogen) atoms. The fraction of sp³-hybridized carbons (Fsp3) is 0. The molecule has 96 valence electrons. The van der Waals surface area contributed by atoms with Gasteiger partial charge in [-0.3, -0.25) is 9.59 Å². The van der Waals surface area contributed by atoms with E-state index in [9.17, 15) is 19.8 Å². The smallest absolute Gasteiger partial charge is 0.268 e. The van der Waals surface area contributed by atoms with Gasteiger partial charge in [-0.25, -0.2) is 0 Å². The molecule has 0 saturated heterocycles. The Kier molecular flexibility index (Phi) is 1.85. The van der Waals surface area contributed by atoms with E-state index in [-0.39, 0.29) is 11.1 Å². The van der Waals surface area contributed by atoms with E-state index in [1.165, 1.54) is 0 Å². The van der Waals surface area contributed by atoms with Gasteiger partial charge in [0.05, 0.1) is 0 Å². The van der Waals surface area contributed by atoms with Crippen LogP contribution in [-0.4, -0.2) is 10.2 Å². The second-order valence-electron chi connectivity index (χ2n) is 4.84. The van der Waals surface area contributed by atoms with E-state index in [0.717, 1.165) is 5.39 Å². The average Bonchev–Trinajstić information content (AvgIpc) is 2.47. The van der Waals surface area contributed by atoms with Gasteiger partial charge in [0.2, 0.25) is 5.43 Å². The number of benzene rings is 4. The lowest BCUT2D eigenvalue weighted by Crippen LogP contribution is -2.23. The van der Waals surface area contributed by atoms with Crippen molar-refractivity contribution in [3.05, 3.63) is 56.8 Å². The van der Waals surface area contributed by atoms with Crippen molar-refractivity contribution in [2.24, 2.45) is 0 Å². The van der Waals surface area contributed by atoms with Crippen molar-refractivity contribution in [2.45, 2.75) is 0 Å². The average molecular weight is 264 g/mol. The first-order chi connectivity index (χ1) is 9.59. The van der Waals surface area contributed by atoms with E-state index in [0.29, 0.717) is 21.5 Å². The molecule has 2 N–H and O–H groups in total. The molecule has 0 amide bonds. The summed E-state index contributed by atoms with van der Waals surface area (Å²) in [5, 5.41) is 23.1. The van der Waals surface area contributed by atoms with Crippen LogP contribution in [0.2, 0.25) is 0 Å². The highest BCUT2D eigenvalue weighted by Crippen LogP contribution is 2.38. The van der Waals surface area contributed by atoms with Gasteiger partial charge in [0.25, 0.3) is 5.43 Å². The van der Waals surface area contributed by atoms with Gasteiger partial charge >= 0.3 is 0 Å². The van der Waals surface area contributed by atoms with E-state index in [2.05, 4.69) is 0 Å². The molecule has 0 aliphatic heterocycles. The van der Waals surface area contributed by atoms with Crippen molar-refractivity contribution in [3.8, 4) is 11.5 Å². The predicted molar refractivity (Wildman–Crippen MR) is 77.2 cm³/mol. The Morgan fingerprint density at radius 1 is 0.650 bits per heavy atom. The van der Waals surface area contributed by atoms with E-state index in [1.807, 2.05) is 0 Å². The maximum absolute atomic E-state index is 12.0. The van der Waals surface area contributed by atoms with Crippen LogP contribution in [0.15, 0.2) is 46.0 Å². The minimum Gasteiger partial charge on any atom is -0.507 e. The SMILES string of the molecule is O=c1c(O)c2ccc3c(O)ccc4ccc(c1=O)c2c43. The number of rotatable bonds is 0. The lowest BCUT2D eigenvalue weighted by Gasteiger charge is -2.11. The molecule has 4 rings (SSSR count). The topological polar surface area (TPSA) is 74.6 Å². The summed E-state index contributed by atoms with van der Waals surface area (Å²) >= 11 is 0. The van der Waals surface area contributed by atoms with Gasteiger partial charge in [0.1, 0.15) is 5.75 Å². The van der Waals surface area contributed by atoms with Crippen molar-refractivity contribution in [2.75, 3.05) is 0 Å². The van der Waals surface area contributed by atoms with Crippen molar-refractivity contribution in [3.63, 3.8) is 0 Å². The van der Waals surface area contributed by atoms with E-state index < -0.39 is 16.6 Å². The number of phenols is 2. The highest BCUT2D eigenvalue weighted by Gasteiger charge is 2.17. The Morgan fingerprint density at radius 3 is 2.10 bits per heavy atom. The Morgan fingerprint density at radius 2 is 1.30 bits per heavy atom. The first-order valence-corrected chi connectivity index (χ1v) is 6.09. The second kappa shape index (κ2) is 3.36. The van der Waals surface area contributed by atoms with E-state index in [1.54, 1.807) is 36.4 Å². The molecule has 4 nitrogen and oxygen atoms in total. The van der Waals surface area contributed by atoms with Gasteiger partial charge in [0.15, 0.2) is 5.75 Å². The third kappa shape index (κ3) is 1.11. The third-order valence-corrected chi connectivity index (χ3v) is 3.81. The quantitative estimate of drug-likeness (QED) is 0.377. The van der Waals surface area contributed by atoms with Crippen LogP contribution in [0, 0.1) is 0 Å². The van der Waals surface area contributed by atoms with E-state index >= 15 is 0 Å². The molecule has 4 aromatic carbocycles. The van der Waals surface area contributed by atoms with Crippen LogP contribution in [-0.2, 0) is 0 Å². The maximum atomic E-state index is 12.0.